The van der Waals surface area contributed by atoms with E-state index >= 15 is 0 Å². The molecular formula is C23H33FN4O2S. The highest BCUT2D eigenvalue weighted by Gasteiger charge is 2.11. The number of halogens is 1. The maximum atomic E-state index is 13.7. The van der Waals surface area contributed by atoms with E-state index in [1.807, 2.05) is 21.0 Å². The first-order valence-corrected chi connectivity index (χ1v) is 12.5. The highest BCUT2D eigenvalue weighted by Crippen LogP contribution is 2.16. The van der Waals surface area contributed by atoms with Gasteiger partial charge in [0.2, 0.25) is 0 Å². The Hall–Kier alpha value is -2.61. The molecule has 0 unspecified atom stereocenters. The Bertz CT molecular complexity index is 974. The zero-order valence-corrected chi connectivity index (χ0v) is 19.6. The molecule has 0 radical (unpaired) electrons. The molecule has 0 aliphatic rings. The topological polar surface area (TPSA) is 73.8 Å². The molecule has 2 aromatic carbocycles. The second-order valence-corrected chi connectivity index (χ2v) is 9.91. The smallest absolute Gasteiger partial charge is 0.191 e. The number of aliphatic imine (C=N–C) groups is 1. The predicted molar refractivity (Wildman–Crippen MR) is 127 cm³/mol. The lowest BCUT2D eigenvalue weighted by atomic mass is 10.1. The quantitative estimate of drug-likeness (QED) is 0.332. The molecule has 31 heavy (non-hydrogen) atoms. The molecule has 6 nitrogen and oxygen atoms in total. The molecule has 170 valence electrons. The zero-order valence-electron chi connectivity index (χ0n) is 18.8. The zero-order chi connectivity index (χ0) is 22.9. The van der Waals surface area contributed by atoms with Gasteiger partial charge >= 0.3 is 0 Å². The second-order valence-electron chi connectivity index (χ2n) is 7.77. The first-order chi connectivity index (χ1) is 14.7. The monoisotopic (exact) mass is 448 g/mol. The fourth-order valence-corrected chi connectivity index (χ4v) is 3.98. The molecule has 2 aromatic rings. The minimum atomic E-state index is -3.22. The van der Waals surface area contributed by atoms with Crippen LogP contribution in [0.4, 0.5) is 10.1 Å². The maximum absolute atomic E-state index is 13.7. The van der Waals surface area contributed by atoms with Crippen molar-refractivity contribution in [3.63, 3.8) is 0 Å². The molecule has 0 aliphatic heterocycles. The van der Waals surface area contributed by atoms with Gasteiger partial charge in [-0.25, -0.2) is 17.8 Å². The van der Waals surface area contributed by atoms with Crippen molar-refractivity contribution in [2.24, 2.45) is 4.99 Å². The number of aryl methyl sites for hydroxylation is 1. The molecule has 2 N–H and O–H groups in total. The third kappa shape index (κ3) is 8.96. The van der Waals surface area contributed by atoms with E-state index in [1.54, 1.807) is 0 Å². The predicted octanol–water partition coefficient (Wildman–Crippen LogP) is 3.12. The summed E-state index contributed by atoms with van der Waals surface area (Å²) in [6, 6.07) is 12.7. The molecule has 0 spiro atoms. The number of anilines is 1. The third-order valence-electron chi connectivity index (χ3n) is 4.73. The average Bonchev–Trinajstić information content (AvgIpc) is 2.70. The standard InChI is InChI=1S/C23H33FN4O2S/c1-5-25-23(26-14-6-7-18-8-12-22(13-9-18)28(2)3)27-16-20-15-21(24)11-10-19(20)17-31(4,29)30/h8-13,15H,5-7,14,16-17H2,1-4H3,(H2,25,26,27). The molecule has 0 fully saturated rings. The lowest BCUT2D eigenvalue weighted by molar-refractivity contribution is 0.600. The van der Waals surface area contributed by atoms with Crippen LogP contribution < -0.4 is 15.5 Å². The normalized spacial score (nSPS) is 12.0. The summed E-state index contributed by atoms with van der Waals surface area (Å²) >= 11 is 0. The molecule has 0 saturated heterocycles. The molecule has 0 aromatic heterocycles. The maximum Gasteiger partial charge on any atom is 0.191 e. The van der Waals surface area contributed by atoms with Crippen LogP contribution in [0.1, 0.15) is 30.0 Å². The number of nitrogens with one attached hydrogen (secondary N) is 2. The number of sulfone groups is 1. The Morgan fingerprint density at radius 2 is 1.77 bits per heavy atom. The lowest BCUT2D eigenvalue weighted by Crippen LogP contribution is -2.37. The molecule has 0 bridgehead atoms. The van der Waals surface area contributed by atoms with Crippen LogP contribution in [0.5, 0.6) is 0 Å². The Kier molecular flexibility index (Phi) is 9.30. The van der Waals surface area contributed by atoms with Crippen molar-refractivity contribution in [2.45, 2.75) is 32.1 Å². The van der Waals surface area contributed by atoms with Gasteiger partial charge in [0.1, 0.15) is 5.82 Å². The summed E-state index contributed by atoms with van der Waals surface area (Å²) in [6.07, 6.45) is 3.05. The van der Waals surface area contributed by atoms with Crippen LogP contribution in [0.3, 0.4) is 0 Å². The Labute approximate surface area is 185 Å². The molecular weight excluding hydrogens is 415 g/mol. The summed E-state index contributed by atoms with van der Waals surface area (Å²) in [6.45, 7) is 3.60. The molecule has 2 rings (SSSR count). The van der Waals surface area contributed by atoms with Gasteiger partial charge in [-0.05, 0) is 60.7 Å². The lowest BCUT2D eigenvalue weighted by Gasteiger charge is -2.14. The Morgan fingerprint density at radius 1 is 1.06 bits per heavy atom. The summed E-state index contributed by atoms with van der Waals surface area (Å²) in [4.78, 5) is 6.59. The van der Waals surface area contributed by atoms with Gasteiger partial charge in [0, 0.05) is 39.1 Å². The molecule has 0 atom stereocenters. The SMILES string of the molecule is CCNC(=NCc1cc(F)ccc1CS(C)(=O)=O)NCCCc1ccc(N(C)C)cc1. The van der Waals surface area contributed by atoms with E-state index in [4.69, 9.17) is 0 Å². The summed E-state index contributed by atoms with van der Waals surface area (Å²) in [5.41, 5.74) is 3.60. The molecule has 0 aliphatic carbocycles. The van der Waals surface area contributed by atoms with Gasteiger partial charge in [-0.2, -0.15) is 0 Å². The summed E-state index contributed by atoms with van der Waals surface area (Å²) in [5.74, 6) is 0.0926. The Balaban J connectivity index is 1.95. The van der Waals surface area contributed by atoms with Crippen molar-refractivity contribution in [3.8, 4) is 0 Å². The van der Waals surface area contributed by atoms with Crippen LogP contribution in [0.2, 0.25) is 0 Å². The third-order valence-corrected chi connectivity index (χ3v) is 5.56. The number of hydrogen-bond donors (Lipinski definition) is 2. The fourth-order valence-electron chi connectivity index (χ4n) is 3.13. The Morgan fingerprint density at radius 3 is 2.39 bits per heavy atom. The van der Waals surface area contributed by atoms with E-state index in [2.05, 4.69) is 44.8 Å². The van der Waals surface area contributed by atoms with E-state index in [9.17, 15) is 12.8 Å². The number of rotatable bonds is 10. The van der Waals surface area contributed by atoms with Crippen LogP contribution in [0.25, 0.3) is 0 Å². The van der Waals surface area contributed by atoms with Crippen LogP contribution in [-0.4, -0.2) is 47.8 Å². The van der Waals surface area contributed by atoms with E-state index in [-0.39, 0.29) is 12.3 Å². The summed E-state index contributed by atoms with van der Waals surface area (Å²) in [7, 11) is 0.827. The second kappa shape index (κ2) is 11.7. The largest absolute Gasteiger partial charge is 0.378 e. The van der Waals surface area contributed by atoms with Crippen molar-refractivity contribution in [1.29, 1.82) is 0 Å². The first kappa shape index (κ1) is 24.7. The van der Waals surface area contributed by atoms with Gasteiger partial charge in [0.05, 0.1) is 12.3 Å². The molecule has 0 saturated carbocycles. The molecule has 0 heterocycles. The summed E-state index contributed by atoms with van der Waals surface area (Å²) < 4.78 is 37.0. The minimum Gasteiger partial charge on any atom is -0.378 e. The van der Waals surface area contributed by atoms with E-state index < -0.39 is 15.7 Å². The minimum absolute atomic E-state index is 0.130. The average molecular weight is 449 g/mol. The van der Waals surface area contributed by atoms with Gasteiger partial charge < -0.3 is 15.5 Å². The van der Waals surface area contributed by atoms with Crippen molar-refractivity contribution in [2.75, 3.05) is 38.3 Å². The van der Waals surface area contributed by atoms with Crippen molar-refractivity contribution >= 4 is 21.5 Å². The van der Waals surface area contributed by atoms with E-state index in [0.717, 1.165) is 19.4 Å². The van der Waals surface area contributed by atoms with Crippen LogP contribution in [0.15, 0.2) is 47.5 Å². The fraction of sp³-hybridized carbons (Fsp3) is 0.435. The van der Waals surface area contributed by atoms with E-state index in [1.165, 1.54) is 35.7 Å². The van der Waals surface area contributed by atoms with Gasteiger partial charge in [-0.3, -0.25) is 0 Å². The van der Waals surface area contributed by atoms with Gasteiger partial charge in [-0.15, -0.1) is 0 Å². The summed E-state index contributed by atoms with van der Waals surface area (Å²) in [5, 5.41) is 6.47. The number of benzene rings is 2. The molecule has 0 amide bonds. The number of guanidine groups is 1. The van der Waals surface area contributed by atoms with Gasteiger partial charge in [0.15, 0.2) is 15.8 Å². The van der Waals surface area contributed by atoms with Crippen molar-refractivity contribution < 1.29 is 12.8 Å². The van der Waals surface area contributed by atoms with Crippen LogP contribution in [0, 0.1) is 5.82 Å². The van der Waals surface area contributed by atoms with Gasteiger partial charge in [-0.1, -0.05) is 18.2 Å². The number of hydrogen-bond acceptors (Lipinski definition) is 4. The molecule has 8 heteroatoms. The highest BCUT2D eigenvalue weighted by atomic mass is 32.2. The van der Waals surface area contributed by atoms with E-state index in [0.29, 0.717) is 23.6 Å². The first-order valence-electron chi connectivity index (χ1n) is 10.4. The number of nitrogens with zero attached hydrogens (tertiary/aromatic N) is 2. The van der Waals surface area contributed by atoms with Gasteiger partial charge in [0.25, 0.3) is 0 Å². The van der Waals surface area contributed by atoms with Crippen molar-refractivity contribution in [3.05, 3.63) is 65.0 Å². The van der Waals surface area contributed by atoms with Crippen molar-refractivity contribution in [1.82, 2.24) is 10.6 Å². The van der Waals surface area contributed by atoms with Crippen LogP contribution >= 0.6 is 0 Å². The van der Waals surface area contributed by atoms with Crippen LogP contribution in [-0.2, 0) is 28.6 Å². The highest BCUT2D eigenvalue weighted by molar-refractivity contribution is 7.89.